The second-order valence-electron chi connectivity index (χ2n) is 6.65. The van der Waals surface area contributed by atoms with Crippen molar-refractivity contribution in [2.75, 3.05) is 39.8 Å². The van der Waals surface area contributed by atoms with Crippen molar-refractivity contribution in [3.8, 4) is 5.75 Å². The molecule has 0 spiro atoms. The molecule has 0 aromatic heterocycles. The summed E-state index contributed by atoms with van der Waals surface area (Å²) < 4.78 is 5.41. The lowest BCUT2D eigenvalue weighted by Gasteiger charge is -2.40. The standard InChI is InChI=1S/C21H25N3O3/c1-23-12-13-24(19(15-23)17-8-4-2-5-9-17)21(26)14-22-20(25)16-27-18-10-6-3-7-11-18/h2-11,19H,12-16H2,1H3,(H,22,25)/t19-/m1/s1. The number of carbonyl (C=O) groups excluding carboxylic acids is 2. The fraction of sp³-hybridized carbons (Fsp3) is 0.333. The topological polar surface area (TPSA) is 61.9 Å². The van der Waals surface area contributed by atoms with Gasteiger partial charge in [0.1, 0.15) is 5.75 Å². The second kappa shape index (κ2) is 9.19. The number of rotatable bonds is 6. The number of para-hydroxylation sites is 1. The summed E-state index contributed by atoms with van der Waals surface area (Å²) in [4.78, 5) is 28.8. The van der Waals surface area contributed by atoms with E-state index < -0.39 is 0 Å². The Morgan fingerprint density at radius 1 is 1.04 bits per heavy atom. The van der Waals surface area contributed by atoms with Crippen LogP contribution in [-0.4, -0.2) is 61.4 Å². The molecule has 1 fully saturated rings. The van der Waals surface area contributed by atoms with E-state index in [1.165, 1.54) is 0 Å². The average Bonchev–Trinajstić information content (AvgIpc) is 2.72. The third kappa shape index (κ3) is 5.31. The van der Waals surface area contributed by atoms with E-state index in [4.69, 9.17) is 4.74 Å². The van der Waals surface area contributed by atoms with Crippen LogP contribution in [0.3, 0.4) is 0 Å². The summed E-state index contributed by atoms with van der Waals surface area (Å²) in [6.45, 7) is 2.11. The summed E-state index contributed by atoms with van der Waals surface area (Å²) in [6.07, 6.45) is 0. The van der Waals surface area contributed by atoms with Crippen LogP contribution in [0.15, 0.2) is 60.7 Å². The van der Waals surface area contributed by atoms with Gasteiger partial charge in [-0.25, -0.2) is 0 Å². The van der Waals surface area contributed by atoms with E-state index in [0.717, 1.165) is 18.7 Å². The number of nitrogens with zero attached hydrogens (tertiary/aromatic N) is 2. The molecule has 0 saturated carbocycles. The summed E-state index contributed by atoms with van der Waals surface area (Å²) in [5.74, 6) is 0.241. The summed E-state index contributed by atoms with van der Waals surface area (Å²) >= 11 is 0. The van der Waals surface area contributed by atoms with E-state index in [0.29, 0.717) is 12.3 Å². The number of amides is 2. The van der Waals surface area contributed by atoms with Gasteiger partial charge < -0.3 is 19.9 Å². The Morgan fingerprint density at radius 3 is 2.41 bits per heavy atom. The lowest BCUT2D eigenvalue weighted by molar-refractivity contribution is -0.137. The van der Waals surface area contributed by atoms with Crippen LogP contribution >= 0.6 is 0 Å². The Hall–Kier alpha value is -2.86. The zero-order valence-electron chi connectivity index (χ0n) is 15.5. The van der Waals surface area contributed by atoms with Crippen molar-refractivity contribution in [1.82, 2.24) is 15.1 Å². The van der Waals surface area contributed by atoms with Gasteiger partial charge in [-0.2, -0.15) is 0 Å². The molecule has 1 atom stereocenters. The number of hydrogen-bond acceptors (Lipinski definition) is 4. The molecule has 0 radical (unpaired) electrons. The molecule has 0 aliphatic carbocycles. The van der Waals surface area contributed by atoms with Gasteiger partial charge >= 0.3 is 0 Å². The van der Waals surface area contributed by atoms with Crippen molar-refractivity contribution < 1.29 is 14.3 Å². The molecule has 1 aliphatic rings. The molecule has 2 amide bonds. The van der Waals surface area contributed by atoms with E-state index >= 15 is 0 Å². The summed E-state index contributed by atoms with van der Waals surface area (Å²) in [5, 5.41) is 2.66. The van der Waals surface area contributed by atoms with Gasteiger partial charge in [0.05, 0.1) is 12.6 Å². The first-order valence-corrected chi connectivity index (χ1v) is 9.11. The van der Waals surface area contributed by atoms with Crippen molar-refractivity contribution in [1.29, 1.82) is 0 Å². The third-order valence-corrected chi connectivity index (χ3v) is 4.64. The highest BCUT2D eigenvalue weighted by Crippen LogP contribution is 2.24. The first-order chi connectivity index (χ1) is 13.1. The Labute approximate surface area is 159 Å². The molecule has 2 aromatic carbocycles. The normalized spacial score (nSPS) is 17.4. The largest absolute Gasteiger partial charge is 0.484 e. The Kier molecular flexibility index (Phi) is 6.44. The van der Waals surface area contributed by atoms with Gasteiger partial charge in [0, 0.05) is 19.6 Å². The van der Waals surface area contributed by atoms with Crippen LogP contribution < -0.4 is 10.1 Å². The molecule has 0 unspecified atom stereocenters. The molecule has 2 aromatic rings. The fourth-order valence-electron chi connectivity index (χ4n) is 3.17. The van der Waals surface area contributed by atoms with Crippen molar-refractivity contribution in [3.63, 3.8) is 0 Å². The number of benzene rings is 2. The molecule has 3 rings (SSSR count). The van der Waals surface area contributed by atoms with E-state index in [2.05, 4.69) is 17.3 Å². The molecular formula is C21H25N3O3. The molecule has 6 heteroatoms. The van der Waals surface area contributed by atoms with Gasteiger partial charge in [-0.1, -0.05) is 48.5 Å². The molecule has 27 heavy (non-hydrogen) atoms. The minimum absolute atomic E-state index is 0.00470. The van der Waals surface area contributed by atoms with E-state index in [9.17, 15) is 9.59 Å². The van der Waals surface area contributed by atoms with Gasteiger partial charge in [-0.05, 0) is 24.7 Å². The number of likely N-dealkylation sites (N-methyl/N-ethyl adjacent to an activating group) is 1. The van der Waals surface area contributed by atoms with Gasteiger partial charge in [0.25, 0.3) is 5.91 Å². The number of hydrogen-bond donors (Lipinski definition) is 1. The smallest absolute Gasteiger partial charge is 0.258 e. The maximum absolute atomic E-state index is 12.7. The van der Waals surface area contributed by atoms with Crippen LogP contribution in [0, 0.1) is 0 Å². The summed E-state index contributed by atoms with van der Waals surface area (Å²) in [6, 6.07) is 19.1. The van der Waals surface area contributed by atoms with Crippen molar-refractivity contribution in [2.45, 2.75) is 6.04 Å². The van der Waals surface area contributed by atoms with Gasteiger partial charge in [0.2, 0.25) is 5.91 Å². The minimum Gasteiger partial charge on any atom is -0.484 e. The highest BCUT2D eigenvalue weighted by Gasteiger charge is 2.30. The molecule has 142 valence electrons. The molecule has 1 N–H and O–H groups in total. The van der Waals surface area contributed by atoms with Crippen LogP contribution in [0.4, 0.5) is 0 Å². The van der Waals surface area contributed by atoms with Crippen molar-refractivity contribution in [3.05, 3.63) is 66.2 Å². The maximum atomic E-state index is 12.7. The molecular weight excluding hydrogens is 342 g/mol. The highest BCUT2D eigenvalue weighted by atomic mass is 16.5. The lowest BCUT2D eigenvalue weighted by atomic mass is 10.0. The number of ether oxygens (including phenoxy) is 1. The number of piperazine rings is 1. The SMILES string of the molecule is CN1CCN(C(=O)CNC(=O)COc2ccccc2)[C@@H](c2ccccc2)C1. The predicted molar refractivity (Wildman–Crippen MR) is 103 cm³/mol. The van der Waals surface area contributed by atoms with Crippen molar-refractivity contribution >= 4 is 11.8 Å². The second-order valence-corrected chi connectivity index (χ2v) is 6.65. The van der Waals surface area contributed by atoms with E-state index in [1.54, 1.807) is 12.1 Å². The van der Waals surface area contributed by atoms with Crippen LogP contribution in [0.1, 0.15) is 11.6 Å². The van der Waals surface area contributed by atoms with Crippen molar-refractivity contribution in [2.24, 2.45) is 0 Å². The zero-order valence-corrected chi connectivity index (χ0v) is 15.5. The average molecular weight is 367 g/mol. The maximum Gasteiger partial charge on any atom is 0.258 e. The Bertz CT molecular complexity index is 752. The minimum atomic E-state index is -0.308. The van der Waals surface area contributed by atoms with Gasteiger partial charge in [-0.15, -0.1) is 0 Å². The lowest BCUT2D eigenvalue weighted by Crippen LogP contribution is -2.52. The van der Waals surface area contributed by atoms with E-state index in [-0.39, 0.29) is 31.0 Å². The van der Waals surface area contributed by atoms with Crippen LogP contribution in [0.25, 0.3) is 0 Å². The highest BCUT2D eigenvalue weighted by molar-refractivity contribution is 5.85. The van der Waals surface area contributed by atoms with Crippen LogP contribution in [-0.2, 0) is 9.59 Å². The molecule has 1 heterocycles. The van der Waals surface area contributed by atoms with Gasteiger partial charge in [-0.3, -0.25) is 9.59 Å². The zero-order chi connectivity index (χ0) is 19.1. The van der Waals surface area contributed by atoms with Crippen LogP contribution in [0.5, 0.6) is 5.75 Å². The fourth-order valence-corrected chi connectivity index (χ4v) is 3.17. The summed E-state index contributed by atoms with van der Waals surface area (Å²) in [5.41, 5.74) is 1.11. The van der Waals surface area contributed by atoms with Gasteiger partial charge in [0.15, 0.2) is 6.61 Å². The summed E-state index contributed by atoms with van der Waals surface area (Å²) in [7, 11) is 2.06. The van der Waals surface area contributed by atoms with Crippen LogP contribution in [0.2, 0.25) is 0 Å². The Balaban J connectivity index is 1.53. The first-order valence-electron chi connectivity index (χ1n) is 9.11. The molecule has 1 aliphatic heterocycles. The number of carbonyl (C=O) groups is 2. The molecule has 6 nitrogen and oxygen atoms in total. The predicted octanol–water partition coefficient (Wildman–Crippen LogP) is 1.70. The number of nitrogens with one attached hydrogen (secondary N) is 1. The quantitative estimate of drug-likeness (QED) is 0.844. The molecule has 0 bridgehead atoms. The Morgan fingerprint density at radius 2 is 1.70 bits per heavy atom. The first kappa shape index (κ1) is 18.9. The van der Waals surface area contributed by atoms with E-state index in [1.807, 2.05) is 53.4 Å². The molecule has 1 saturated heterocycles. The monoisotopic (exact) mass is 367 g/mol. The third-order valence-electron chi connectivity index (χ3n) is 4.64.